The van der Waals surface area contributed by atoms with Crippen LogP contribution in [-0.2, 0) is 18.7 Å². The quantitative estimate of drug-likeness (QED) is 0.544. The van der Waals surface area contributed by atoms with Crippen LogP contribution in [0.4, 0.5) is 0 Å². The number of hydrogen-bond donors (Lipinski definition) is 2. The molecule has 2 N–H and O–H groups in total. The average molecular weight is 417 g/mol. The van der Waals surface area contributed by atoms with E-state index < -0.39 is 0 Å². The second kappa shape index (κ2) is 8.75. The minimum Gasteiger partial charge on any atom is -0.383 e. The highest BCUT2D eigenvalue weighted by Crippen LogP contribution is 2.34. The summed E-state index contributed by atoms with van der Waals surface area (Å²) in [5.74, 6) is 2.15. The number of hydrogen-bond acceptors (Lipinski definition) is 5. The zero-order valence-corrected chi connectivity index (χ0v) is 17.4. The Morgan fingerprint density at radius 2 is 1.97 bits per heavy atom. The van der Waals surface area contributed by atoms with Crippen LogP contribution in [0.3, 0.4) is 0 Å². The fraction of sp³-hybridized carbons (Fsp3) is 0.261. The van der Waals surface area contributed by atoms with Gasteiger partial charge in [-0.05, 0) is 18.4 Å². The van der Waals surface area contributed by atoms with Crippen molar-refractivity contribution in [2.75, 3.05) is 0 Å². The van der Waals surface area contributed by atoms with E-state index in [2.05, 4.69) is 84.8 Å². The summed E-state index contributed by atoms with van der Waals surface area (Å²) in [6.45, 7) is 0.868. The van der Waals surface area contributed by atoms with Crippen molar-refractivity contribution in [2.45, 2.75) is 36.3 Å². The van der Waals surface area contributed by atoms with Crippen molar-refractivity contribution in [1.29, 1.82) is 0 Å². The van der Waals surface area contributed by atoms with E-state index in [0.717, 1.165) is 41.8 Å². The molecule has 2 unspecified atom stereocenters. The maximum absolute atomic E-state index is 4.62. The molecule has 1 aromatic carbocycles. The second-order valence-electron chi connectivity index (χ2n) is 7.50. The average Bonchev–Trinajstić information content (AvgIpc) is 3.53. The lowest BCUT2D eigenvalue weighted by molar-refractivity contribution is 0.580. The van der Waals surface area contributed by atoms with Gasteiger partial charge in [0.2, 0.25) is 0 Å². The van der Waals surface area contributed by atoms with Gasteiger partial charge < -0.3 is 14.9 Å². The van der Waals surface area contributed by atoms with Gasteiger partial charge in [-0.3, -0.25) is 0 Å². The number of nitrogens with one attached hydrogen (secondary N) is 2. The van der Waals surface area contributed by atoms with Gasteiger partial charge in [-0.2, -0.15) is 0 Å². The van der Waals surface area contributed by atoms with Crippen LogP contribution in [0.5, 0.6) is 0 Å². The smallest absolute Gasteiger partial charge is 0.191 e. The zero-order chi connectivity index (χ0) is 20.2. The SMILES string of the molecule is C1=CC2NC=C(c3nnc(SCc4ccccc4)n3CCCc3cnc[nH]3)C2C=C1. The summed E-state index contributed by atoms with van der Waals surface area (Å²) in [7, 11) is 0. The molecule has 2 aromatic heterocycles. The van der Waals surface area contributed by atoms with E-state index >= 15 is 0 Å². The highest BCUT2D eigenvalue weighted by atomic mass is 32.2. The number of aromatic amines is 1. The molecule has 0 radical (unpaired) electrons. The van der Waals surface area contributed by atoms with Crippen LogP contribution in [0.25, 0.3) is 5.57 Å². The molecular formula is C23H24N6S. The lowest BCUT2D eigenvalue weighted by Crippen LogP contribution is -2.25. The molecule has 3 heterocycles. The molecule has 0 amide bonds. The Bertz CT molecular complexity index is 1060. The van der Waals surface area contributed by atoms with E-state index in [1.807, 2.05) is 12.3 Å². The van der Waals surface area contributed by atoms with Gasteiger partial charge >= 0.3 is 0 Å². The zero-order valence-electron chi connectivity index (χ0n) is 16.6. The van der Waals surface area contributed by atoms with Crippen molar-refractivity contribution in [3.63, 3.8) is 0 Å². The van der Waals surface area contributed by atoms with E-state index in [0.29, 0.717) is 12.0 Å². The van der Waals surface area contributed by atoms with Crippen LogP contribution < -0.4 is 5.32 Å². The van der Waals surface area contributed by atoms with Crippen molar-refractivity contribution in [2.24, 2.45) is 5.92 Å². The van der Waals surface area contributed by atoms with E-state index in [9.17, 15) is 0 Å². The molecular weight excluding hydrogens is 392 g/mol. The highest BCUT2D eigenvalue weighted by molar-refractivity contribution is 7.98. The molecule has 2 atom stereocenters. The second-order valence-corrected chi connectivity index (χ2v) is 8.44. The van der Waals surface area contributed by atoms with Gasteiger partial charge in [-0.1, -0.05) is 66.4 Å². The number of aromatic nitrogens is 5. The third-order valence-corrected chi connectivity index (χ3v) is 6.53. The summed E-state index contributed by atoms with van der Waals surface area (Å²) in [5.41, 5.74) is 3.66. The Hall–Kier alpha value is -3.06. The maximum atomic E-state index is 4.62. The molecule has 5 rings (SSSR count). The normalized spacial score (nSPS) is 19.5. The van der Waals surface area contributed by atoms with E-state index in [1.54, 1.807) is 18.1 Å². The first kappa shape index (κ1) is 18.9. The van der Waals surface area contributed by atoms with Gasteiger partial charge in [0.1, 0.15) is 0 Å². The summed E-state index contributed by atoms with van der Waals surface area (Å²) >= 11 is 1.75. The standard InChI is InChI=1S/C23H24N6S/c1-2-7-17(8-3-1)15-30-23-28-27-22(20-14-25-21-11-5-4-10-19(20)21)29(23)12-6-9-18-13-24-16-26-18/h1-5,7-8,10-11,13-14,16,19,21,25H,6,9,12,15H2,(H,24,26). The Morgan fingerprint density at radius 3 is 2.83 bits per heavy atom. The molecule has 7 heteroatoms. The van der Waals surface area contributed by atoms with Gasteiger partial charge in [0, 0.05) is 41.9 Å². The number of H-pyrrole nitrogens is 1. The van der Waals surface area contributed by atoms with Crippen LogP contribution in [0.2, 0.25) is 0 Å². The first-order valence-electron chi connectivity index (χ1n) is 10.3. The van der Waals surface area contributed by atoms with Gasteiger partial charge in [-0.25, -0.2) is 4.98 Å². The number of nitrogens with zero attached hydrogens (tertiary/aromatic N) is 4. The third kappa shape index (κ3) is 3.98. The van der Waals surface area contributed by atoms with Gasteiger partial charge in [0.15, 0.2) is 11.0 Å². The summed E-state index contributed by atoms with van der Waals surface area (Å²) in [5, 5.41) is 13.6. The van der Waals surface area contributed by atoms with Crippen LogP contribution in [0, 0.1) is 5.92 Å². The Morgan fingerprint density at radius 1 is 1.07 bits per heavy atom. The number of imidazole rings is 1. The Labute approximate surface area is 180 Å². The predicted molar refractivity (Wildman–Crippen MR) is 120 cm³/mol. The fourth-order valence-electron chi connectivity index (χ4n) is 3.94. The highest BCUT2D eigenvalue weighted by Gasteiger charge is 2.31. The number of benzene rings is 1. The molecule has 2 aliphatic rings. The van der Waals surface area contributed by atoms with Gasteiger partial charge in [0.25, 0.3) is 0 Å². The van der Waals surface area contributed by atoms with Gasteiger partial charge in [0.05, 0.1) is 12.4 Å². The minimum absolute atomic E-state index is 0.303. The van der Waals surface area contributed by atoms with Crippen LogP contribution >= 0.6 is 11.8 Å². The van der Waals surface area contributed by atoms with Crippen molar-refractivity contribution < 1.29 is 0 Å². The van der Waals surface area contributed by atoms with Crippen LogP contribution in [0.15, 0.2) is 78.5 Å². The van der Waals surface area contributed by atoms with Crippen molar-refractivity contribution >= 4 is 17.3 Å². The molecule has 3 aromatic rings. The minimum atomic E-state index is 0.303. The van der Waals surface area contributed by atoms with E-state index in [1.165, 1.54) is 11.1 Å². The van der Waals surface area contributed by atoms with Crippen molar-refractivity contribution in [1.82, 2.24) is 30.0 Å². The van der Waals surface area contributed by atoms with Crippen molar-refractivity contribution in [3.8, 4) is 0 Å². The third-order valence-electron chi connectivity index (χ3n) is 5.49. The number of fused-ring (bicyclic) bond motifs is 1. The Kier molecular flexibility index (Phi) is 5.52. The largest absolute Gasteiger partial charge is 0.383 e. The van der Waals surface area contributed by atoms with E-state index in [4.69, 9.17) is 0 Å². The predicted octanol–water partition coefficient (Wildman–Crippen LogP) is 3.98. The molecule has 0 spiro atoms. The summed E-state index contributed by atoms with van der Waals surface area (Å²) in [6.07, 6.45) is 16.4. The molecule has 0 saturated carbocycles. The molecule has 0 bridgehead atoms. The Balaban J connectivity index is 1.37. The van der Waals surface area contributed by atoms with Crippen LogP contribution in [-0.4, -0.2) is 30.8 Å². The van der Waals surface area contributed by atoms with Gasteiger partial charge in [-0.15, -0.1) is 10.2 Å². The number of aryl methyl sites for hydroxylation is 1. The molecule has 6 nitrogen and oxygen atoms in total. The molecule has 30 heavy (non-hydrogen) atoms. The number of rotatable bonds is 8. The summed E-state index contributed by atoms with van der Waals surface area (Å²) < 4.78 is 2.28. The lowest BCUT2D eigenvalue weighted by Gasteiger charge is -2.19. The number of thioether (sulfide) groups is 1. The summed E-state index contributed by atoms with van der Waals surface area (Å²) in [6, 6.07) is 10.8. The fourth-order valence-corrected chi connectivity index (χ4v) is 4.86. The van der Waals surface area contributed by atoms with Crippen molar-refractivity contribution in [3.05, 3.63) is 90.4 Å². The molecule has 1 aliphatic heterocycles. The first-order chi connectivity index (χ1) is 14.9. The molecule has 0 fully saturated rings. The maximum Gasteiger partial charge on any atom is 0.191 e. The summed E-state index contributed by atoms with van der Waals surface area (Å²) in [4.78, 5) is 7.31. The topological polar surface area (TPSA) is 71.4 Å². The van der Waals surface area contributed by atoms with Crippen LogP contribution in [0.1, 0.15) is 23.5 Å². The lowest BCUT2D eigenvalue weighted by atomic mass is 9.91. The first-order valence-corrected chi connectivity index (χ1v) is 11.3. The molecule has 0 saturated heterocycles. The molecule has 1 aliphatic carbocycles. The number of allylic oxidation sites excluding steroid dienone is 2. The monoisotopic (exact) mass is 416 g/mol. The van der Waals surface area contributed by atoms with E-state index in [-0.39, 0.29) is 0 Å². The molecule has 152 valence electrons.